The smallest absolute Gasteiger partial charge is 0.203 e. The van der Waals surface area contributed by atoms with E-state index in [0.717, 1.165) is 44.8 Å². The van der Waals surface area contributed by atoms with Gasteiger partial charge in [0.2, 0.25) is 11.5 Å². The van der Waals surface area contributed by atoms with Crippen LogP contribution in [0.15, 0.2) is 73.3 Å². The predicted molar refractivity (Wildman–Crippen MR) is 245 cm³/mol. The summed E-state index contributed by atoms with van der Waals surface area (Å²) in [4.78, 5) is 8.69. The normalized spacial score (nSPS) is 10.2. The molecule has 60 heavy (non-hydrogen) atoms. The fourth-order valence-electron chi connectivity index (χ4n) is 6.56. The van der Waals surface area contributed by atoms with Crippen LogP contribution >= 0.6 is 37.2 Å². The van der Waals surface area contributed by atoms with E-state index in [9.17, 15) is 5.11 Å². The van der Waals surface area contributed by atoms with Gasteiger partial charge in [-0.25, -0.2) is 0 Å². The Morgan fingerprint density at radius 1 is 0.500 bits per heavy atom. The number of halogens is 3. The summed E-state index contributed by atoms with van der Waals surface area (Å²) >= 11 is 0. The maximum Gasteiger partial charge on any atom is 0.203 e. The second kappa shape index (κ2) is 24.6. The van der Waals surface area contributed by atoms with Gasteiger partial charge in [0.15, 0.2) is 34.5 Å². The summed E-state index contributed by atoms with van der Waals surface area (Å²) in [5.41, 5.74) is 10.9. The lowest BCUT2D eigenvalue weighted by molar-refractivity contribution is 0.274. The molecule has 0 aliphatic rings. The quantitative estimate of drug-likeness (QED) is 0.0841. The van der Waals surface area contributed by atoms with Crippen LogP contribution in [0.5, 0.6) is 51.7 Å². The lowest BCUT2D eigenvalue weighted by Crippen LogP contribution is -2.02. The number of nitrogen functional groups attached to an aromatic ring is 1. The number of hydrogen-bond donors (Lipinski definition) is 2. The highest BCUT2D eigenvalue weighted by molar-refractivity contribution is 5.97. The van der Waals surface area contributed by atoms with Crippen LogP contribution in [0.1, 0.15) is 56.4 Å². The Morgan fingerprint density at radius 3 is 1.37 bits per heavy atom. The number of methoxy groups -OCH3 is 4. The van der Waals surface area contributed by atoms with Crippen LogP contribution in [0.2, 0.25) is 0 Å². The van der Waals surface area contributed by atoms with Crippen molar-refractivity contribution in [1.82, 2.24) is 9.97 Å². The van der Waals surface area contributed by atoms with Gasteiger partial charge in [-0.1, -0.05) is 19.1 Å². The van der Waals surface area contributed by atoms with Crippen LogP contribution in [-0.4, -0.2) is 69.9 Å². The minimum atomic E-state index is 0. The maximum absolute atomic E-state index is 10.5. The third kappa shape index (κ3) is 11.6. The first-order valence-corrected chi connectivity index (χ1v) is 19.0. The Morgan fingerprint density at radius 2 is 0.917 bits per heavy atom. The van der Waals surface area contributed by atoms with E-state index >= 15 is 0 Å². The first kappa shape index (κ1) is 50.7. The lowest BCUT2D eigenvalue weighted by Gasteiger charge is -2.16. The molecule has 15 heteroatoms. The molecule has 0 aliphatic heterocycles. The lowest BCUT2D eigenvalue weighted by atomic mass is 9.99. The fraction of sp³-hybridized carbons (Fsp3) is 0.333. The zero-order valence-electron chi connectivity index (χ0n) is 35.3. The van der Waals surface area contributed by atoms with E-state index in [-0.39, 0.29) is 43.0 Å². The molecular formula is C45H56Cl3N3O9. The molecule has 0 aliphatic carbocycles. The van der Waals surface area contributed by atoms with Crippen LogP contribution < -0.4 is 43.6 Å². The van der Waals surface area contributed by atoms with Crippen molar-refractivity contribution < 1.29 is 43.0 Å². The summed E-state index contributed by atoms with van der Waals surface area (Å²) in [7, 11) is 6.47. The van der Waals surface area contributed by atoms with E-state index in [1.165, 1.54) is 0 Å². The maximum atomic E-state index is 10.5. The molecule has 0 atom stereocenters. The third-order valence-electron chi connectivity index (χ3n) is 9.16. The molecule has 2 aromatic heterocycles. The second-order valence-corrected chi connectivity index (χ2v) is 12.8. The molecule has 0 fully saturated rings. The molecule has 0 radical (unpaired) electrons. The van der Waals surface area contributed by atoms with E-state index in [0.29, 0.717) is 96.3 Å². The number of pyridine rings is 2. The van der Waals surface area contributed by atoms with Crippen molar-refractivity contribution in [1.29, 1.82) is 0 Å². The minimum absolute atomic E-state index is 0. The summed E-state index contributed by atoms with van der Waals surface area (Å²) in [6.07, 6.45) is 9.23. The van der Waals surface area contributed by atoms with Crippen LogP contribution in [0.4, 0.5) is 5.69 Å². The van der Waals surface area contributed by atoms with Gasteiger partial charge in [0.05, 0.1) is 60.6 Å². The van der Waals surface area contributed by atoms with Crippen LogP contribution in [0, 0.1) is 0 Å². The highest BCUT2D eigenvalue weighted by Crippen LogP contribution is 2.42. The second-order valence-electron chi connectivity index (χ2n) is 12.8. The summed E-state index contributed by atoms with van der Waals surface area (Å²) in [6.45, 7) is 9.95. The van der Waals surface area contributed by atoms with Gasteiger partial charge in [0, 0.05) is 35.6 Å². The molecule has 6 rings (SSSR count). The standard InChI is InChI=1S/C23H27NO5.C22H26N2O4.3ClH/c1-5-9-29-23-20(26-3)11-15(12-21(23)27-4)10-16-13-24-14-18-17(16)7-8-19(22(18)25)28-6-2;1-5-27-18-8-7-16-15(12-24-13-17(16)21(18)23)9-14-10-19(25-3)22(28-6-2)20(11-14)26-4;;;/h7-8,11-14,25H,5-6,9-10H2,1-4H3;7-8,10-13H,5-6,9,23H2,1-4H3;3*1H. The van der Waals surface area contributed by atoms with Gasteiger partial charge in [-0.2, -0.15) is 0 Å². The Labute approximate surface area is 370 Å². The van der Waals surface area contributed by atoms with E-state index in [1.54, 1.807) is 46.9 Å². The number of anilines is 1. The SMILES string of the molecule is CCCOc1c(OC)cc(Cc2cncc3c(O)c(OCC)ccc23)cc1OC.CCOc1ccc2c(Cc3cc(OC)c(OCC)c(OC)c3)cncc2c1N.Cl.Cl.Cl. The Bertz CT molecular complexity index is 2250. The van der Waals surface area contributed by atoms with Crippen molar-refractivity contribution in [3.8, 4) is 51.7 Å². The molecule has 0 spiro atoms. The van der Waals surface area contributed by atoms with Crippen LogP contribution in [0.3, 0.4) is 0 Å². The van der Waals surface area contributed by atoms with Crippen LogP contribution in [-0.2, 0) is 12.8 Å². The van der Waals surface area contributed by atoms with Crippen LogP contribution in [0.25, 0.3) is 21.5 Å². The first-order chi connectivity index (χ1) is 27.7. The van der Waals surface area contributed by atoms with Gasteiger partial charge >= 0.3 is 0 Å². The number of rotatable bonds is 17. The Hall–Kier alpha value is -5.43. The summed E-state index contributed by atoms with van der Waals surface area (Å²) in [6, 6.07) is 15.5. The fourth-order valence-corrected chi connectivity index (χ4v) is 6.56. The largest absolute Gasteiger partial charge is 0.504 e. The van der Waals surface area contributed by atoms with Gasteiger partial charge < -0.3 is 48.7 Å². The molecule has 2 heterocycles. The minimum Gasteiger partial charge on any atom is -0.504 e. The molecule has 4 aromatic carbocycles. The number of nitrogens with zero attached hydrogens (tertiary/aromatic N) is 2. The van der Waals surface area contributed by atoms with Crippen molar-refractivity contribution in [3.05, 3.63) is 95.6 Å². The molecule has 0 amide bonds. The van der Waals surface area contributed by atoms with E-state index in [1.807, 2.05) is 82.6 Å². The Kier molecular flexibility index (Phi) is 20.8. The molecule has 326 valence electrons. The molecule has 0 saturated heterocycles. The summed E-state index contributed by atoms with van der Waals surface area (Å²) < 4.78 is 44.7. The molecule has 3 N–H and O–H groups in total. The number of phenols is 1. The van der Waals surface area contributed by atoms with Gasteiger partial charge in [-0.05, 0) is 109 Å². The topological polar surface area (TPSA) is 146 Å². The number of aromatic nitrogens is 2. The highest BCUT2D eigenvalue weighted by atomic mass is 35.5. The van der Waals surface area contributed by atoms with Crippen molar-refractivity contribution in [3.63, 3.8) is 0 Å². The van der Waals surface area contributed by atoms with Gasteiger partial charge in [-0.15, -0.1) is 37.2 Å². The van der Waals surface area contributed by atoms with Crippen molar-refractivity contribution in [2.24, 2.45) is 0 Å². The van der Waals surface area contributed by atoms with E-state index < -0.39 is 0 Å². The number of hydrogen-bond acceptors (Lipinski definition) is 12. The monoisotopic (exact) mass is 887 g/mol. The van der Waals surface area contributed by atoms with E-state index in [4.69, 9.17) is 43.6 Å². The average Bonchev–Trinajstić information content (AvgIpc) is 3.23. The van der Waals surface area contributed by atoms with Gasteiger partial charge in [-0.3, -0.25) is 9.97 Å². The highest BCUT2D eigenvalue weighted by Gasteiger charge is 2.18. The number of aromatic hydroxyl groups is 1. The first-order valence-electron chi connectivity index (χ1n) is 19.0. The molecule has 12 nitrogen and oxygen atoms in total. The number of phenolic OH excluding ortho intramolecular Hbond substituents is 1. The van der Waals surface area contributed by atoms with Crippen molar-refractivity contribution >= 4 is 64.5 Å². The molecular weight excluding hydrogens is 833 g/mol. The zero-order valence-corrected chi connectivity index (χ0v) is 37.7. The number of ether oxygens (including phenoxy) is 8. The van der Waals surface area contributed by atoms with E-state index in [2.05, 4.69) is 9.97 Å². The average molecular weight is 889 g/mol. The summed E-state index contributed by atoms with van der Waals surface area (Å²) in [5.74, 6) is 5.00. The van der Waals surface area contributed by atoms with Gasteiger partial charge in [0.25, 0.3) is 0 Å². The zero-order chi connectivity index (χ0) is 40.9. The number of benzene rings is 4. The number of nitrogens with two attached hydrogens (primary N) is 1. The summed E-state index contributed by atoms with van der Waals surface area (Å²) in [5, 5.41) is 14.0. The molecule has 0 saturated carbocycles. The van der Waals surface area contributed by atoms with Gasteiger partial charge in [0.1, 0.15) is 5.75 Å². The van der Waals surface area contributed by atoms with Crippen molar-refractivity contribution in [2.45, 2.75) is 47.0 Å². The molecule has 0 unspecified atom stereocenters. The molecule has 6 aromatic rings. The Balaban J connectivity index is 0.000000394. The third-order valence-corrected chi connectivity index (χ3v) is 9.16. The number of fused-ring (bicyclic) bond motifs is 2. The predicted octanol–water partition coefficient (Wildman–Crippen LogP) is 10.2. The van der Waals surface area contributed by atoms with Crippen molar-refractivity contribution in [2.75, 3.05) is 60.6 Å². The molecule has 0 bridgehead atoms.